The lowest BCUT2D eigenvalue weighted by atomic mass is 10.1. The topological polar surface area (TPSA) is 54.8 Å². The summed E-state index contributed by atoms with van der Waals surface area (Å²) in [4.78, 5) is 21.0. The lowest BCUT2D eigenvalue weighted by molar-refractivity contribution is 0.691. The van der Waals surface area contributed by atoms with Gasteiger partial charge in [0.05, 0.1) is 17.6 Å². The Labute approximate surface area is 120 Å². The number of hydrogen-bond acceptors (Lipinski definition) is 6. The Hall–Kier alpha value is -2.08. The second-order valence-electron chi connectivity index (χ2n) is 4.90. The highest BCUT2D eigenvalue weighted by Gasteiger charge is 2.21. The van der Waals surface area contributed by atoms with Crippen LogP contribution in [0, 0.1) is 6.92 Å². The summed E-state index contributed by atoms with van der Waals surface area (Å²) in [5.41, 5.74) is 2.37. The SMILES string of the molecule is Cc1ncc2c(n1)CN(c1ncnc3sccc13)CC2. The predicted molar refractivity (Wildman–Crippen MR) is 78.9 cm³/mol. The van der Waals surface area contributed by atoms with Crippen LogP contribution in [0.15, 0.2) is 24.0 Å². The van der Waals surface area contributed by atoms with Gasteiger partial charge in [0.25, 0.3) is 0 Å². The van der Waals surface area contributed by atoms with Gasteiger partial charge in [-0.25, -0.2) is 19.9 Å². The van der Waals surface area contributed by atoms with Crippen molar-refractivity contribution in [3.05, 3.63) is 41.1 Å². The van der Waals surface area contributed by atoms with Crippen molar-refractivity contribution < 1.29 is 0 Å². The molecule has 0 N–H and O–H groups in total. The normalized spacial score (nSPS) is 14.6. The molecule has 0 atom stereocenters. The zero-order chi connectivity index (χ0) is 13.5. The quantitative estimate of drug-likeness (QED) is 0.686. The summed E-state index contributed by atoms with van der Waals surface area (Å²) >= 11 is 1.65. The molecule has 0 radical (unpaired) electrons. The van der Waals surface area contributed by atoms with Gasteiger partial charge in [-0.05, 0) is 30.4 Å². The number of thiophene rings is 1. The molecule has 1 aliphatic heterocycles. The van der Waals surface area contributed by atoms with E-state index in [2.05, 4.69) is 36.3 Å². The molecule has 6 heteroatoms. The summed E-state index contributed by atoms with van der Waals surface area (Å²) in [6.07, 6.45) is 4.56. The van der Waals surface area contributed by atoms with Crippen molar-refractivity contribution in [2.75, 3.05) is 11.4 Å². The van der Waals surface area contributed by atoms with Crippen molar-refractivity contribution in [3.8, 4) is 0 Å². The van der Waals surface area contributed by atoms with E-state index >= 15 is 0 Å². The third kappa shape index (κ3) is 1.84. The number of aryl methyl sites for hydroxylation is 1. The maximum absolute atomic E-state index is 4.56. The molecule has 0 spiro atoms. The highest BCUT2D eigenvalue weighted by molar-refractivity contribution is 7.16. The first-order valence-corrected chi connectivity index (χ1v) is 7.44. The molecule has 0 saturated heterocycles. The van der Waals surface area contributed by atoms with E-state index in [1.54, 1.807) is 17.7 Å². The van der Waals surface area contributed by atoms with Crippen molar-refractivity contribution in [3.63, 3.8) is 0 Å². The van der Waals surface area contributed by atoms with Crippen LogP contribution in [0.1, 0.15) is 17.1 Å². The van der Waals surface area contributed by atoms with Crippen LogP contribution in [0.4, 0.5) is 5.82 Å². The first-order valence-electron chi connectivity index (χ1n) is 6.56. The molecule has 4 rings (SSSR count). The van der Waals surface area contributed by atoms with Gasteiger partial charge in [-0.1, -0.05) is 0 Å². The fourth-order valence-electron chi connectivity index (χ4n) is 2.61. The van der Waals surface area contributed by atoms with Crippen LogP contribution < -0.4 is 4.90 Å². The van der Waals surface area contributed by atoms with Gasteiger partial charge >= 0.3 is 0 Å². The zero-order valence-electron chi connectivity index (χ0n) is 11.1. The summed E-state index contributed by atoms with van der Waals surface area (Å²) < 4.78 is 0. The van der Waals surface area contributed by atoms with E-state index in [9.17, 15) is 0 Å². The molecule has 5 nitrogen and oxygen atoms in total. The van der Waals surface area contributed by atoms with Gasteiger partial charge in [0.2, 0.25) is 0 Å². The fourth-order valence-corrected chi connectivity index (χ4v) is 3.34. The molecule has 0 amide bonds. The number of fused-ring (bicyclic) bond motifs is 2. The van der Waals surface area contributed by atoms with Gasteiger partial charge in [-0.3, -0.25) is 0 Å². The average molecular weight is 283 g/mol. The smallest absolute Gasteiger partial charge is 0.141 e. The molecule has 4 heterocycles. The van der Waals surface area contributed by atoms with Crippen LogP contribution in [0.3, 0.4) is 0 Å². The molecule has 0 fully saturated rings. The Bertz CT molecular complexity index is 782. The van der Waals surface area contributed by atoms with Crippen molar-refractivity contribution >= 4 is 27.4 Å². The van der Waals surface area contributed by atoms with Gasteiger partial charge < -0.3 is 4.90 Å². The summed E-state index contributed by atoms with van der Waals surface area (Å²) in [5, 5.41) is 3.19. The number of anilines is 1. The molecular weight excluding hydrogens is 270 g/mol. The van der Waals surface area contributed by atoms with Crippen LogP contribution in [-0.2, 0) is 13.0 Å². The molecule has 0 saturated carbocycles. The Balaban J connectivity index is 1.76. The van der Waals surface area contributed by atoms with Crippen LogP contribution in [0.2, 0.25) is 0 Å². The van der Waals surface area contributed by atoms with Gasteiger partial charge in [0, 0.05) is 12.7 Å². The Morgan fingerprint density at radius 1 is 1.25 bits per heavy atom. The Kier molecular flexibility index (Phi) is 2.63. The summed E-state index contributed by atoms with van der Waals surface area (Å²) in [6.45, 7) is 3.67. The van der Waals surface area contributed by atoms with Crippen LogP contribution in [0.25, 0.3) is 10.2 Å². The number of aromatic nitrogens is 4. The van der Waals surface area contributed by atoms with Gasteiger partial charge in [0.15, 0.2) is 0 Å². The largest absolute Gasteiger partial charge is 0.350 e. The zero-order valence-corrected chi connectivity index (χ0v) is 11.9. The molecule has 1 aliphatic rings. The summed E-state index contributed by atoms with van der Waals surface area (Å²) in [5.74, 6) is 1.84. The minimum absolute atomic E-state index is 0.792. The van der Waals surface area contributed by atoms with Crippen molar-refractivity contribution in [1.29, 1.82) is 0 Å². The molecule has 3 aromatic heterocycles. The molecule has 0 aromatic carbocycles. The van der Waals surface area contributed by atoms with E-state index < -0.39 is 0 Å². The van der Waals surface area contributed by atoms with Crippen LogP contribution in [0.5, 0.6) is 0 Å². The van der Waals surface area contributed by atoms with Crippen LogP contribution >= 0.6 is 11.3 Å². The highest BCUT2D eigenvalue weighted by Crippen LogP contribution is 2.29. The van der Waals surface area contributed by atoms with E-state index in [0.29, 0.717) is 0 Å². The highest BCUT2D eigenvalue weighted by atomic mass is 32.1. The van der Waals surface area contributed by atoms with E-state index in [1.165, 1.54) is 5.56 Å². The first kappa shape index (κ1) is 11.7. The average Bonchev–Trinajstić information content (AvgIpc) is 2.94. The van der Waals surface area contributed by atoms with Gasteiger partial charge in [-0.15, -0.1) is 11.3 Å². The second-order valence-corrected chi connectivity index (χ2v) is 5.79. The molecule has 3 aromatic rings. The molecule has 0 bridgehead atoms. The molecular formula is C14H13N5S. The third-order valence-electron chi connectivity index (χ3n) is 3.61. The Morgan fingerprint density at radius 2 is 2.20 bits per heavy atom. The van der Waals surface area contributed by atoms with E-state index in [1.807, 2.05) is 13.1 Å². The minimum atomic E-state index is 0.792. The summed E-state index contributed by atoms with van der Waals surface area (Å²) in [7, 11) is 0. The van der Waals surface area contributed by atoms with E-state index in [-0.39, 0.29) is 0 Å². The maximum atomic E-state index is 4.56. The van der Waals surface area contributed by atoms with Gasteiger partial charge in [0.1, 0.15) is 22.8 Å². The van der Waals surface area contributed by atoms with Crippen molar-refractivity contribution in [2.45, 2.75) is 19.9 Å². The van der Waals surface area contributed by atoms with Crippen LogP contribution in [-0.4, -0.2) is 26.5 Å². The standard InChI is InChI=1S/C14H13N5S/c1-9-15-6-10-2-4-19(7-12(10)18-9)13-11-3-5-20-14(11)17-8-16-13/h3,5-6,8H,2,4,7H2,1H3. The van der Waals surface area contributed by atoms with E-state index in [0.717, 1.165) is 47.1 Å². The summed E-state index contributed by atoms with van der Waals surface area (Å²) in [6, 6.07) is 2.09. The third-order valence-corrected chi connectivity index (χ3v) is 4.43. The molecule has 0 unspecified atom stereocenters. The number of hydrogen-bond donors (Lipinski definition) is 0. The minimum Gasteiger partial charge on any atom is -0.350 e. The second kappa shape index (κ2) is 4.49. The number of rotatable bonds is 1. The monoisotopic (exact) mass is 283 g/mol. The van der Waals surface area contributed by atoms with Crippen molar-refractivity contribution in [2.24, 2.45) is 0 Å². The maximum Gasteiger partial charge on any atom is 0.141 e. The number of nitrogens with zero attached hydrogens (tertiary/aromatic N) is 5. The molecule has 100 valence electrons. The van der Waals surface area contributed by atoms with Gasteiger partial charge in [-0.2, -0.15) is 0 Å². The van der Waals surface area contributed by atoms with E-state index in [4.69, 9.17) is 0 Å². The fraction of sp³-hybridized carbons (Fsp3) is 0.286. The van der Waals surface area contributed by atoms with Crippen molar-refractivity contribution in [1.82, 2.24) is 19.9 Å². The lowest BCUT2D eigenvalue weighted by Gasteiger charge is -2.29. The molecule has 0 aliphatic carbocycles. The molecule has 20 heavy (non-hydrogen) atoms. The first-order chi connectivity index (χ1) is 9.81. The lowest BCUT2D eigenvalue weighted by Crippen LogP contribution is -2.32. The Morgan fingerprint density at radius 3 is 3.15 bits per heavy atom. The predicted octanol–water partition coefficient (Wildman–Crippen LogP) is 2.35.